The van der Waals surface area contributed by atoms with Gasteiger partial charge in [0.25, 0.3) is 0 Å². The Morgan fingerprint density at radius 3 is 2.23 bits per heavy atom. The molecule has 200 valence electrons. The van der Waals surface area contributed by atoms with Crippen molar-refractivity contribution >= 4 is 5.97 Å². The zero-order valence-corrected chi connectivity index (χ0v) is 24.3. The third-order valence-electron chi connectivity index (χ3n) is 12.8. The van der Waals surface area contributed by atoms with Crippen LogP contribution in [0.3, 0.4) is 0 Å². The third kappa shape index (κ3) is 3.88. The second-order valence-electron chi connectivity index (χ2n) is 14.8. The molecule has 0 spiro atoms. The van der Waals surface area contributed by atoms with Gasteiger partial charge in [-0.05, 0) is 118 Å². The predicted molar refractivity (Wildman–Crippen MR) is 144 cm³/mol. The number of hydrogen-bond donors (Lipinski definition) is 1. The van der Waals surface area contributed by atoms with E-state index in [1.165, 1.54) is 51.0 Å². The van der Waals surface area contributed by atoms with E-state index in [0.717, 1.165) is 37.5 Å². The average Bonchev–Trinajstić information content (AvgIpc) is 3.02. The van der Waals surface area contributed by atoms with Crippen molar-refractivity contribution in [2.45, 2.75) is 138 Å². The Bertz CT molecular complexity index is 855. The molecule has 1 N–H and O–H groups in total. The Kier molecular flexibility index (Phi) is 6.91. The molecule has 4 aliphatic carbocycles. The molecule has 4 fully saturated rings. The van der Waals surface area contributed by atoms with Gasteiger partial charge in [-0.25, -0.2) is 0 Å². The van der Waals surface area contributed by atoms with Gasteiger partial charge in [-0.15, -0.1) is 0 Å². The normalized spacial score (nSPS) is 47.1. The van der Waals surface area contributed by atoms with Crippen molar-refractivity contribution in [2.75, 3.05) is 0 Å². The van der Waals surface area contributed by atoms with E-state index in [1.807, 2.05) is 0 Å². The molecule has 0 saturated heterocycles. The third-order valence-corrected chi connectivity index (χ3v) is 12.8. The molecule has 3 heteroatoms. The fourth-order valence-corrected chi connectivity index (χ4v) is 10.6. The first-order valence-corrected chi connectivity index (χ1v) is 14.7. The molecule has 0 radical (unpaired) electrons. The Morgan fingerprint density at radius 1 is 0.914 bits per heavy atom. The minimum absolute atomic E-state index is 0.153. The summed E-state index contributed by atoms with van der Waals surface area (Å²) in [5.74, 6) is 2.29. The predicted octanol–water partition coefficient (Wildman–Crippen LogP) is 8.10. The topological polar surface area (TPSA) is 46.5 Å². The first kappa shape index (κ1) is 27.2. The summed E-state index contributed by atoms with van der Waals surface area (Å²) in [5.41, 5.74) is 1.13. The molecule has 0 aromatic heterocycles. The highest BCUT2D eigenvalue weighted by Gasteiger charge is 2.72. The summed E-state index contributed by atoms with van der Waals surface area (Å²) in [5, 5.41) is 12.4. The van der Waals surface area contributed by atoms with Crippen LogP contribution in [0.1, 0.15) is 127 Å². The van der Waals surface area contributed by atoms with Gasteiger partial charge in [0.1, 0.15) is 6.10 Å². The molecule has 0 amide bonds. The standard InChI is InChI=1S/C32H54O3/c1-21(2)11-10-12-22(3)24-15-17-31(9)25-16-18-32(34)26(29(25,7)19-20-30(24,31)8)13-14-27(28(32,5)6)35-23(4)33/h11,22,24-27,34H,10,12-20H2,1-9H3/t22-,24-,25-,26?,27+,29-,30-,31+,32+/m1/s1. The Morgan fingerprint density at radius 2 is 1.60 bits per heavy atom. The van der Waals surface area contributed by atoms with E-state index in [4.69, 9.17) is 4.74 Å². The lowest BCUT2D eigenvalue weighted by molar-refractivity contribution is -0.276. The molecular weight excluding hydrogens is 432 g/mol. The Labute approximate surface area is 215 Å². The van der Waals surface area contributed by atoms with Gasteiger partial charge in [0.2, 0.25) is 0 Å². The number of fused-ring (bicyclic) bond motifs is 5. The van der Waals surface area contributed by atoms with E-state index in [2.05, 4.69) is 61.5 Å². The number of esters is 1. The quantitative estimate of drug-likeness (QED) is 0.315. The summed E-state index contributed by atoms with van der Waals surface area (Å²) >= 11 is 0. The summed E-state index contributed by atoms with van der Waals surface area (Å²) in [6.45, 7) is 20.6. The minimum atomic E-state index is -0.767. The molecule has 0 aromatic carbocycles. The van der Waals surface area contributed by atoms with Gasteiger partial charge in [0.05, 0.1) is 5.60 Å². The number of allylic oxidation sites excluding steroid dienone is 2. The van der Waals surface area contributed by atoms with Crippen molar-refractivity contribution < 1.29 is 14.6 Å². The summed E-state index contributed by atoms with van der Waals surface area (Å²) < 4.78 is 5.78. The van der Waals surface area contributed by atoms with Gasteiger partial charge >= 0.3 is 5.97 Å². The molecule has 35 heavy (non-hydrogen) atoms. The SMILES string of the molecule is CC(=O)O[C@H]1CCC2[C@]3(C)CC[C@]4(C)[C@@H]([C@H](C)CCC=C(C)C)CC[C@@]4(C)[C@@H]3CC[C@@]2(O)C1(C)C. The fraction of sp³-hybridized carbons (Fsp3) is 0.906. The smallest absolute Gasteiger partial charge is 0.302 e. The van der Waals surface area contributed by atoms with Crippen molar-refractivity contribution in [1.82, 2.24) is 0 Å². The molecule has 1 unspecified atom stereocenters. The van der Waals surface area contributed by atoms with Crippen LogP contribution in [-0.4, -0.2) is 22.8 Å². The van der Waals surface area contributed by atoms with Gasteiger partial charge in [-0.2, -0.15) is 0 Å². The molecule has 3 nitrogen and oxygen atoms in total. The molecule has 0 bridgehead atoms. The van der Waals surface area contributed by atoms with Crippen molar-refractivity contribution in [2.24, 2.45) is 45.3 Å². The first-order chi connectivity index (χ1) is 16.1. The van der Waals surface area contributed by atoms with Gasteiger partial charge in [0.15, 0.2) is 0 Å². The van der Waals surface area contributed by atoms with E-state index >= 15 is 0 Å². The number of rotatable bonds is 5. The highest BCUT2D eigenvalue weighted by Crippen LogP contribution is 2.76. The van der Waals surface area contributed by atoms with E-state index < -0.39 is 11.0 Å². The molecule has 0 heterocycles. The van der Waals surface area contributed by atoms with Crippen LogP contribution in [-0.2, 0) is 9.53 Å². The van der Waals surface area contributed by atoms with E-state index in [1.54, 1.807) is 0 Å². The van der Waals surface area contributed by atoms with Crippen LogP contribution in [0.25, 0.3) is 0 Å². The van der Waals surface area contributed by atoms with E-state index in [0.29, 0.717) is 16.7 Å². The van der Waals surface area contributed by atoms with E-state index in [-0.39, 0.29) is 23.4 Å². The van der Waals surface area contributed by atoms with Crippen LogP contribution >= 0.6 is 0 Å². The number of carbonyl (C=O) groups excluding carboxylic acids is 1. The second kappa shape index (κ2) is 8.88. The maximum Gasteiger partial charge on any atom is 0.302 e. The van der Waals surface area contributed by atoms with Gasteiger partial charge in [-0.3, -0.25) is 4.79 Å². The lowest BCUT2D eigenvalue weighted by Gasteiger charge is -2.70. The van der Waals surface area contributed by atoms with Crippen molar-refractivity contribution in [1.29, 1.82) is 0 Å². The van der Waals surface area contributed by atoms with Gasteiger partial charge in [0, 0.05) is 12.3 Å². The molecular formula is C32H54O3. The summed E-state index contributed by atoms with van der Waals surface area (Å²) in [7, 11) is 0. The second-order valence-corrected chi connectivity index (χ2v) is 14.8. The maximum atomic E-state index is 12.4. The fourth-order valence-electron chi connectivity index (χ4n) is 10.6. The number of carbonyl (C=O) groups is 1. The molecule has 0 aliphatic heterocycles. The minimum Gasteiger partial charge on any atom is -0.462 e. The summed E-state index contributed by atoms with van der Waals surface area (Å²) in [6.07, 6.45) is 13.7. The maximum absolute atomic E-state index is 12.4. The van der Waals surface area contributed by atoms with Gasteiger partial charge in [-0.1, -0.05) is 53.2 Å². The van der Waals surface area contributed by atoms with Crippen LogP contribution in [0.2, 0.25) is 0 Å². The number of hydrogen-bond acceptors (Lipinski definition) is 3. The zero-order chi connectivity index (χ0) is 26.0. The molecule has 9 atom stereocenters. The first-order valence-electron chi connectivity index (χ1n) is 14.7. The highest BCUT2D eigenvalue weighted by molar-refractivity contribution is 5.66. The van der Waals surface area contributed by atoms with Crippen molar-refractivity contribution in [3.63, 3.8) is 0 Å². The lowest BCUT2D eigenvalue weighted by atomic mass is 9.36. The average molecular weight is 487 g/mol. The van der Waals surface area contributed by atoms with Crippen LogP contribution in [0.5, 0.6) is 0 Å². The van der Waals surface area contributed by atoms with Crippen molar-refractivity contribution in [3.05, 3.63) is 11.6 Å². The number of aliphatic hydroxyl groups is 1. The van der Waals surface area contributed by atoms with E-state index in [9.17, 15) is 9.90 Å². The Balaban J connectivity index is 1.61. The van der Waals surface area contributed by atoms with Crippen LogP contribution in [0.4, 0.5) is 0 Å². The molecule has 0 aromatic rings. The molecule has 4 rings (SSSR count). The lowest BCUT2D eigenvalue weighted by Crippen LogP contribution is -2.70. The zero-order valence-electron chi connectivity index (χ0n) is 24.3. The molecule has 4 aliphatic rings. The van der Waals surface area contributed by atoms with Gasteiger partial charge < -0.3 is 9.84 Å². The summed E-state index contributed by atoms with van der Waals surface area (Å²) in [6, 6.07) is 0. The van der Waals surface area contributed by atoms with Crippen LogP contribution < -0.4 is 0 Å². The van der Waals surface area contributed by atoms with Crippen molar-refractivity contribution in [3.8, 4) is 0 Å². The highest BCUT2D eigenvalue weighted by atomic mass is 16.5. The number of ether oxygens (including phenoxy) is 1. The Hall–Kier alpha value is -0.830. The largest absolute Gasteiger partial charge is 0.462 e. The van der Waals surface area contributed by atoms with Crippen LogP contribution in [0, 0.1) is 45.3 Å². The summed E-state index contributed by atoms with van der Waals surface area (Å²) in [4.78, 5) is 11.8. The monoisotopic (exact) mass is 486 g/mol. The molecule has 4 saturated carbocycles. The van der Waals surface area contributed by atoms with Crippen LogP contribution in [0.15, 0.2) is 11.6 Å².